The molecule has 0 aliphatic rings. The number of rotatable bonds is 6. The number of H-pyrrole nitrogens is 1. The van der Waals surface area contributed by atoms with Crippen LogP contribution in [0.5, 0.6) is 0 Å². The van der Waals surface area contributed by atoms with Crippen molar-refractivity contribution in [3.63, 3.8) is 0 Å². The monoisotopic (exact) mass is 540 g/mol. The largest absolute Gasteiger partial charge is 0.354 e. The van der Waals surface area contributed by atoms with Gasteiger partial charge in [-0.1, -0.05) is 110 Å². The maximum Gasteiger partial charge on any atom is 0.0562 e. The fraction of sp³-hybridized carbons (Fsp3) is 0.100. The van der Waals surface area contributed by atoms with Crippen LogP contribution in [0.15, 0.2) is 140 Å². The summed E-state index contributed by atoms with van der Waals surface area (Å²) in [6.45, 7) is 2.36. The fourth-order valence-corrected chi connectivity index (χ4v) is 6.77. The van der Waals surface area contributed by atoms with Crippen LogP contribution in [0.3, 0.4) is 0 Å². The van der Waals surface area contributed by atoms with Gasteiger partial charge in [0.1, 0.15) is 0 Å². The highest BCUT2D eigenvalue weighted by Gasteiger charge is 2.16. The predicted octanol–water partition coefficient (Wildman–Crippen LogP) is 10.5. The Morgan fingerprint density at radius 2 is 1.21 bits per heavy atom. The van der Waals surface area contributed by atoms with Gasteiger partial charge in [0, 0.05) is 38.3 Å². The first-order chi connectivity index (χ1) is 20.7. The van der Waals surface area contributed by atoms with Gasteiger partial charge in [0.2, 0.25) is 0 Å². The first-order valence-electron chi connectivity index (χ1n) is 14.9. The Bertz CT molecular complexity index is 2200. The Kier molecular flexibility index (Phi) is 5.93. The summed E-state index contributed by atoms with van der Waals surface area (Å²) in [5, 5.41) is 5.10. The van der Waals surface area contributed by atoms with Crippen molar-refractivity contribution in [3.05, 3.63) is 151 Å². The van der Waals surface area contributed by atoms with Crippen molar-refractivity contribution in [2.45, 2.75) is 19.8 Å². The summed E-state index contributed by atoms with van der Waals surface area (Å²) in [6.07, 6.45) is 2.14. The van der Waals surface area contributed by atoms with Crippen molar-refractivity contribution in [2.75, 3.05) is 0 Å². The van der Waals surface area contributed by atoms with Gasteiger partial charge in [-0.05, 0) is 77.4 Å². The molecule has 8 rings (SSSR count). The van der Waals surface area contributed by atoms with Crippen molar-refractivity contribution in [3.8, 4) is 16.8 Å². The first-order valence-corrected chi connectivity index (χ1v) is 14.9. The number of nitrogens with zero attached hydrogens (tertiary/aromatic N) is 1. The first kappa shape index (κ1) is 24.7. The molecule has 6 aromatic carbocycles. The molecule has 2 heterocycles. The second-order valence-electron chi connectivity index (χ2n) is 11.7. The van der Waals surface area contributed by atoms with Gasteiger partial charge in [-0.3, -0.25) is 0 Å². The molecule has 0 aliphatic heterocycles. The highest BCUT2D eigenvalue weighted by Crippen LogP contribution is 2.38. The van der Waals surface area contributed by atoms with E-state index in [2.05, 4.69) is 156 Å². The number of nitrogens with one attached hydrogen (secondary N) is 1. The minimum atomic E-state index is 0.563. The molecular weight excluding hydrogens is 508 g/mol. The van der Waals surface area contributed by atoms with Crippen LogP contribution in [-0.2, 0) is 12.8 Å². The number of hydrogen-bond donors (Lipinski definition) is 1. The van der Waals surface area contributed by atoms with E-state index in [0.717, 1.165) is 12.8 Å². The average Bonchev–Trinajstić information content (AvgIpc) is 3.55. The molecule has 0 amide bonds. The zero-order valence-electron chi connectivity index (χ0n) is 23.7. The lowest BCUT2D eigenvalue weighted by Crippen LogP contribution is -2.04. The molecule has 202 valence electrons. The maximum atomic E-state index is 3.75. The van der Waals surface area contributed by atoms with Gasteiger partial charge in [-0.15, -0.1) is 0 Å². The van der Waals surface area contributed by atoms with Crippen LogP contribution < -0.4 is 0 Å². The molecule has 0 fully saturated rings. The minimum Gasteiger partial charge on any atom is -0.354 e. The molecule has 0 spiro atoms. The second-order valence-corrected chi connectivity index (χ2v) is 11.7. The van der Waals surface area contributed by atoms with Crippen molar-refractivity contribution in [2.24, 2.45) is 5.92 Å². The van der Waals surface area contributed by atoms with E-state index < -0.39 is 0 Å². The van der Waals surface area contributed by atoms with Crippen LogP contribution in [0.1, 0.15) is 18.1 Å². The summed E-state index contributed by atoms with van der Waals surface area (Å²) in [6, 6.07) is 50.9. The Morgan fingerprint density at radius 3 is 2.07 bits per heavy atom. The lowest BCUT2D eigenvalue weighted by atomic mass is 9.94. The molecule has 1 N–H and O–H groups in total. The minimum absolute atomic E-state index is 0.563. The van der Waals surface area contributed by atoms with Crippen LogP contribution in [0.4, 0.5) is 0 Å². The van der Waals surface area contributed by atoms with E-state index in [4.69, 9.17) is 0 Å². The van der Waals surface area contributed by atoms with E-state index in [1.54, 1.807) is 0 Å². The molecule has 0 unspecified atom stereocenters. The van der Waals surface area contributed by atoms with E-state index in [-0.39, 0.29) is 0 Å². The molecule has 2 aromatic heterocycles. The lowest BCUT2D eigenvalue weighted by molar-refractivity contribution is 0.577. The third-order valence-electron chi connectivity index (χ3n) is 8.68. The van der Waals surface area contributed by atoms with Gasteiger partial charge < -0.3 is 9.55 Å². The smallest absolute Gasteiger partial charge is 0.0562 e. The van der Waals surface area contributed by atoms with Crippen molar-refractivity contribution in [1.82, 2.24) is 9.55 Å². The highest BCUT2D eigenvalue weighted by molar-refractivity contribution is 6.18. The van der Waals surface area contributed by atoms with Gasteiger partial charge >= 0.3 is 0 Å². The summed E-state index contributed by atoms with van der Waals surface area (Å²) in [4.78, 5) is 3.75. The summed E-state index contributed by atoms with van der Waals surface area (Å²) in [7, 11) is 0. The summed E-state index contributed by atoms with van der Waals surface area (Å²) < 4.78 is 2.44. The number of aromatic nitrogens is 2. The zero-order chi connectivity index (χ0) is 28.0. The van der Waals surface area contributed by atoms with Crippen LogP contribution in [0.25, 0.3) is 60.4 Å². The predicted molar refractivity (Wildman–Crippen MR) is 179 cm³/mol. The Hall–Kier alpha value is -5.08. The van der Waals surface area contributed by atoms with Gasteiger partial charge in [0.25, 0.3) is 0 Å². The fourth-order valence-electron chi connectivity index (χ4n) is 6.77. The molecular formula is C40H32N2. The van der Waals surface area contributed by atoms with Crippen molar-refractivity contribution in [1.29, 1.82) is 0 Å². The van der Waals surface area contributed by atoms with E-state index in [0.29, 0.717) is 5.92 Å². The molecule has 0 saturated carbocycles. The SMILES string of the molecule is C[C@H](Cc1ccccc1)Cc1cccc(-n2c3ccccc3c3cc4c(cc32)[nH]c2cc(-c3ccccc3)ccc24)c1. The normalized spacial score (nSPS) is 12.5. The number of aromatic amines is 1. The summed E-state index contributed by atoms with van der Waals surface area (Å²) >= 11 is 0. The van der Waals surface area contributed by atoms with E-state index in [1.807, 2.05) is 0 Å². The average molecular weight is 541 g/mol. The molecule has 0 radical (unpaired) electrons. The van der Waals surface area contributed by atoms with Gasteiger partial charge in [0.05, 0.1) is 11.0 Å². The van der Waals surface area contributed by atoms with Crippen molar-refractivity contribution >= 4 is 43.6 Å². The van der Waals surface area contributed by atoms with Crippen LogP contribution in [-0.4, -0.2) is 9.55 Å². The lowest BCUT2D eigenvalue weighted by Gasteiger charge is -2.14. The Labute approximate surface area is 245 Å². The van der Waals surface area contributed by atoms with Gasteiger partial charge in [-0.25, -0.2) is 0 Å². The summed E-state index contributed by atoms with van der Waals surface area (Å²) in [5.74, 6) is 0.563. The molecule has 0 bridgehead atoms. The van der Waals surface area contributed by atoms with E-state index in [1.165, 1.54) is 71.6 Å². The van der Waals surface area contributed by atoms with E-state index >= 15 is 0 Å². The second kappa shape index (κ2) is 10.1. The number of para-hydroxylation sites is 1. The standard InChI is InChI=1S/C40H32N2/c1-27(21-28-11-4-2-5-12-28)22-29-13-10-16-32(23-29)42-39-18-9-8-17-34(39)36-25-35-33-20-19-31(30-14-6-3-7-15-30)24-37(33)41-38(35)26-40(36)42/h2-20,23-27,41H,21-22H2,1H3/t27-/m1/s1. The topological polar surface area (TPSA) is 20.7 Å². The highest BCUT2D eigenvalue weighted by atomic mass is 15.0. The summed E-state index contributed by atoms with van der Waals surface area (Å²) in [5.41, 5.74) is 11.3. The Balaban J connectivity index is 1.24. The molecule has 8 aromatic rings. The molecule has 1 atom stereocenters. The molecule has 2 nitrogen and oxygen atoms in total. The quantitative estimate of drug-likeness (QED) is 0.217. The van der Waals surface area contributed by atoms with Gasteiger partial charge in [0.15, 0.2) is 0 Å². The third kappa shape index (κ3) is 4.28. The molecule has 0 aliphatic carbocycles. The maximum absolute atomic E-state index is 3.75. The molecule has 2 heteroatoms. The van der Waals surface area contributed by atoms with E-state index in [9.17, 15) is 0 Å². The Morgan fingerprint density at radius 1 is 0.500 bits per heavy atom. The van der Waals surface area contributed by atoms with Gasteiger partial charge in [-0.2, -0.15) is 0 Å². The molecule has 42 heavy (non-hydrogen) atoms. The van der Waals surface area contributed by atoms with Crippen LogP contribution in [0.2, 0.25) is 0 Å². The van der Waals surface area contributed by atoms with Crippen molar-refractivity contribution < 1.29 is 0 Å². The number of hydrogen-bond acceptors (Lipinski definition) is 0. The number of benzene rings is 6. The molecule has 0 saturated heterocycles. The van der Waals surface area contributed by atoms with Crippen LogP contribution in [0, 0.1) is 5.92 Å². The number of fused-ring (bicyclic) bond motifs is 6. The zero-order valence-corrected chi connectivity index (χ0v) is 23.7. The third-order valence-corrected chi connectivity index (χ3v) is 8.68. The van der Waals surface area contributed by atoms with Crippen LogP contribution >= 0.6 is 0 Å².